The third-order valence-electron chi connectivity index (χ3n) is 4.67. The Bertz CT molecular complexity index is 607. The van der Waals surface area contributed by atoms with Crippen molar-refractivity contribution in [1.82, 2.24) is 19.5 Å². The van der Waals surface area contributed by atoms with Crippen molar-refractivity contribution in [3.05, 3.63) is 11.5 Å². The molecule has 106 valence electrons. The minimum Gasteiger partial charge on any atom is -0.369 e. The standard InChI is InChI=1S/C15H21N5/c1-2-20-14-12(17-13(19-14)10-7-8-10)11(18-15(20)16)9-5-3-4-6-9/h9-10H,2-8H2,1H3,(H2,16,18). The summed E-state index contributed by atoms with van der Waals surface area (Å²) in [7, 11) is 0. The average Bonchev–Trinajstić information content (AvgIpc) is 2.99. The van der Waals surface area contributed by atoms with Crippen LogP contribution in [0.1, 0.15) is 68.8 Å². The minimum atomic E-state index is 0.523. The average molecular weight is 271 g/mol. The Morgan fingerprint density at radius 1 is 1.05 bits per heavy atom. The van der Waals surface area contributed by atoms with E-state index in [1.54, 1.807) is 0 Å². The van der Waals surface area contributed by atoms with E-state index in [1.165, 1.54) is 38.5 Å². The van der Waals surface area contributed by atoms with Gasteiger partial charge >= 0.3 is 0 Å². The maximum Gasteiger partial charge on any atom is 0.202 e. The SMILES string of the molecule is CCn1c(N)nc(C2CCCC2)c2nc(C3CC3)nc1-2. The van der Waals surface area contributed by atoms with Crippen LogP contribution < -0.4 is 5.73 Å². The zero-order valence-corrected chi connectivity index (χ0v) is 12.0. The molecule has 5 heteroatoms. The van der Waals surface area contributed by atoms with Crippen molar-refractivity contribution in [2.75, 3.05) is 5.73 Å². The number of nitrogens with zero attached hydrogens (tertiary/aromatic N) is 4. The topological polar surface area (TPSA) is 69.6 Å². The van der Waals surface area contributed by atoms with Gasteiger partial charge in [0.15, 0.2) is 5.82 Å². The van der Waals surface area contributed by atoms with Gasteiger partial charge in [0.1, 0.15) is 11.5 Å². The Labute approximate surface area is 119 Å². The molecule has 0 bridgehead atoms. The lowest BCUT2D eigenvalue weighted by molar-refractivity contribution is 0.670. The van der Waals surface area contributed by atoms with Gasteiger partial charge in [-0.05, 0) is 32.6 Å². The summed E-state index contributed by atoms with van der Waals surface area (Å²) in [5.74, 6) is 3.64. The molecule has 0 unspecified atom stereocenters. The molecule has 0 aromatic carbocycles. The fourth-order valence-electron chi connectivity index (χ4n) is 3.38. The molecule has 20 heavy (non-hydrogen) atoms. The number of anilines is 1. The highest BCUT2D eigenvalue weighted by molar-refractivity contribution is 5.60. The molecular formula is C15H21N5. The molecule has 2 saturated carbocycles. The monoisotopic (exact) mass is 271 g/mol. The van der Waals surface area contributed by atoms with Gasteiger partial charge in [0, 0.05) is 18.4 Å². The summed E-state index contributed by atoms with van der Waals surface area (Å²) in [5, 5.41) is 0. The molecule has 0 amide bonds. The van der Waals surface area contributed by atoms with Gasteiger partial charge in [-0.3, -0.25) is 4.57 Å². The Hall–Kier alpha value is -1.65. The molecule has 2 heterocycles. The van der Waals surface area contributed by atoms with E-state index in [2.05, 4.69) is 11.9 Å². The first-order valence-corrected chi connectivity index (χ1v) is 7.81. The number of fused-ring (bicyclic) bond motifs is 1. The highest BCUT2D eigenvalue weighted by Crippen LogP contribution is 2.43. The second kappa shape index (κ2) is 4.43. The van der Waals surface area contributed by atoms with Gasteiger partial charge in [0.05, 0.1) is 5.69 Å². The summed E-state index contributed by atoms with van der Waals surface area (Å²) < 4.78 is 1.99. The fourth-order valence-corrected chi connectivity index (χ4v) is 3.38. The molecule has 2 aliphatic carbocycles. The van der Waals surface area contributed by atoms with E-state index in [0.29, 0.717) is 17.8 Å². The molecule has 0 atom stereocenters. The second-order valence-corrected chi connectivity index (χ2v) is 6.11. The molecule has 0 aromatic rings. The summed E-state index contributed by atoms with van der Waals surface area (Å²) in [6.07, 6.45) is 7.46. The first-order valence-electron chi connectivity index (χ1n) is 7.81. The third kappa shape index (κ3) is 1.79. The van der Waals surface area contributed by atoms with Crippen LogP contribution in [0.15, 0.2) is 0 Å². The maximum atomic E-state index is 6.15. The molecule has 0 spiro atoms. The molecule has 5 nitrogen and oxygen atoms in total. The summed E-state index contributed by atoms with van der Waals surface area (Å²) in [6, 6.07) is 0. The van der Waals surface area contributed by atoms with Gasteiger partial charge in [-0.25, -0.2) is 15.0 Å². The molecule has 4 aliphatic rings. The van der Waals surface area contributed by atoms with Crippen LogP contribution in [-0.4, -0.2) is 19.5 Å². The van der Waals surface area contributed by atoms with Crippen molar-refractivity contribution in [3.8, 4) is 11.5 Å². The maximum absolute atomic E-state index is 6.15. The normalized spacial score (nSPS) is 20.1. The Morgan fingerprint density at radius 2 is 1.80 bits per heavy atom. The van der Waals surface area contributed by atoms with Crippen LogP contribution >= 0.6 is 0 Å². The largest absolute Gasteiger partial charge is 0.369 e. The van der Waals surface area contributed by atoms with Crippen molar-refractivity contribution in [1.29, 1.82) is 0 Å². The van der Waals surface area contributed by atoms with E-state index in [9.17, 15) is 0 Å². The molecule has 4 rings (SSSR count). The van der Waals surface area contributed by atoms with Crippen LogP contribution in [0.25, 0.3) is 11.5 Å². The van der Waals surface area contributed by atoms with Crippen molar-refractivity contribution in [2.45, 2.75) is 63.8 Å². The van der Waals surface area contributed by atoms with E-state index >= 15 is 0 Å². The number of nitrogen functional groups attached to an aromatic ring is 1. The van der Waals surface area contributed by atoms with Gasteiger partial charge in [-0.1, -0.05) is 12.8 Å². The Kier molecular flexibility index (Phi) is 2.69. The predicted molar refractivity (Wildman–Crippen MR) is 77.7 cm³/mol. The molecule has 0 saturated heterocycles. The smallest absolute Gasteiger partial charge is 0.202 e. The zero-order chi connectivity index (χ0) is 13.7. The highest BCUT2D eigenvalue weighted by Gasteiger charge is 2.33. The van der Waals surface area contributed by atoms with Crippen LogP contribution in [-0.2, 0) is 6.54 Å². The Balaban J connectivity index is 1.89. The van der Waals surface area contributed by atoms with Gasteiger partial charge < -0.3 is 5.73 Å². The van der Waals surface area contributed by atoms with Gasteiger partial charge in [-0.2, -0.15) is 0 Å². The molecular weight excluding hydrogens is 250 g/mol. The number of rotatable bonds is 3. The minimum absolute atomic E-state index is 0.523. The van der Waals surface area contributed by atoms with E-state index in [1.807, 2.05) is 4.57 Å². The van der Waals surface area contributed by atoms with Crippen LogP contribution in [0, 0.1) is 0 Å². The highest BCUT2D eigenvalue weighted by atomic mass is 15.2. The van der Waals surface area contributed by atoms with E-state index in [-0.39, 0.29) is 0 Å². The summed E-state index contributed by atoms with van der Waals surface area (Å²) in [5.41, 5.74) is 8.26. The third-order valence-corrected chi connectivity index (χ3v) is 4.67. The predicted octanol–water partition coefficient (Wildman–Crippen LogP) is 2.92. The van der Waals surface area contributed by atoms with E-state index in [0.717, 1.165) is 29.6 Å². The van der Waals surface area contributed by atoms with Crippen molar-refractivity contribution >= 4 is 5.95 Å². The molecule has 0 aromatic heterocycles. The first kappa shape index (κ1) is 12.1. The van der Waals surface area contributed by atoms with Crippen LogP contribution in [0.2, 0.25) is 0 Å². The second-order valence-electron chi connectivity index (χ2n) is 6.11. The Morgan fingerprint density at radius 3 is 2.45 bits per heavy atom. The number of imidazole rings is 1. The number of hydrogen-bond acceptors (Lipinski definition) is 4. The van der Waals surface area contributed by atoms with E-state index < -0.39 is 0 Å². The first-order chi connectivity index (χ1) is 9.78. The van der Waals surface area contributed by atoms with Crippen LogP contribution in [0.5, 0.6) is 0 Å². The fraction of sp³-hybridized carbons (Fsp3) is 0.667. The molecule has 2 fully saturated rings. The van der Waals surface area contributed by atoms with Gasteiger partial charge in [-0.15, -0.1) is 0 Å². The summed E-state index contributed by atoms with van der Waals surface area (Å²) in [4.78, 5) is 14.3. The summed E-state index contributed by atoms with van der Waals surface area (Å²) >= 11 is 0. The van der Waals surface area contributed by atoms with Crippen LogP contribution in [0.4, 0.5) is 5.95 Å². The summed E-state index contributed by atoms with van der Waals surface area (Å²) in [6.45, 7) is 2.88. The number of nitrogens with two attached hydrogens (primary N) is 1. The molecule has 2 aliphatic heterocycles. The molecule has 2 N–H and O–H groups in total. The van der Waals surface area contributed by atoms with Gasteiger partial charge in [0.2, 0.25) is 5.95 Å². The van der Waals surface area contributed by atoms with Crippen LogP contribution in [0.3, 0.4) is 0 Å². The molecule has 0 radical (unpaired) electrons. The van der Waals surface area contributed by atoms with Crippen molar-refractivity contribution in [2.24, 2.45) is 0 Å². The zero-order valence-electron chi connectivity index (χ0n) is 12.0. The lowest BCUT2D eigenvalue weighted by atomic mass is 10.0. The van der Waals surface area contributed by atoms with Crippen molar-refractivity contribution in [3.63, 3.8) is 0 Å². The number of aromatic nitrogens is 4. The van der Waals surface area contributed by atoms with E-state index in [4.69, 9.17) is 15.7 Å². The van der Waals surface area contributed by atoms with Gasteiger partial charge in [0.25, 0.3) is 0 Å². The van der Waals surface area contributed by atoms with Crippen molar-refractivity contribution < 1.29 is 0 Å². The quantitative estimate of drug-likeness (QED) is 0.931. The lowest BCUT2D eigenvalue weighted by Crippen LogP contribution is -2.15. The number of hydrogen-bond donors (Lipinski definition) is 1. The lowest BCUT2D eigenvalue weighted by Gasteiger charge is -2.17.